The molecule has 12 nitrogen and oxygen atoms in total. The van der Waals surface area contributed by atoms with Crippen LogP contribution in [-0.4, -0.2) is 89.9 Å². The Labute approximate surface area is 304 Å². The summed E-state index contributed by atoms with van der Waals surface area (Å²) in [5, 5.41) is 3.45. The number of hydrogen-bond donors (Lipinski definition) is 1. The van der Waals surface area contributed by atoms with Crippen molar-refractivity contribution in [3.8, 4) is 5.75 Å². The highest BCUT2D eigenvalue weighted by Gasteiger charge is 2.36. The van der Waals surface area contributed by atoms with Gasteiger partial charge in [0.25, 0.3) is 0 Å². The van der Waals surface area contributed by atoms with Crippen molar-refractivity contribution >= 4 is 49.9 Å². The van der Waals surface area contributed by atoms with Crippen LogP contribution in [0.25, 0.3) is 0 Å². The summed E-state index contributed by atoms with van der Waals surface area (Å²) >= 11 is 0. The van der Waals surface area contributed by atoms with Gasteiger partial charge in [0.15, 0.2) is 9.04 Å². The monoisotopic (exact) mass is 717 g/mol. The van der Waals surface area contributed by atoms with Crippen LogP contribution in [0.3, 0.4) is 0 Å². The first kappa shape index (κ1) is 38.0. The molecular formula is C38H55N7O5Si. The lowest BCUT2D eigenvalue weighted by molar-refractivity contribution is -0.140. The van der Waals surface area contributed by atoms with Gasteiger partial charge in [-0.05, 0) is 63.0 Å². The predicted octanol–water partition coefficient (Wildman–Crippen LogP) is 6.58. The van der Waals surface area contributed by atoms with Crippen LogP contribution in [0.5, 0.6) is 5.75 Å². The molecule has 3 heterocycles. The van der Waals surface area contributed by atoms with E-state index in [1.54, 1.807) is 23.1 Å². The number of anilines is 5. The number of aryl methyl sites for hydroxylation is 2. The molecule has 0 bridgehead atoms. The minimum atomic E-state index is -1.43. The Morgan fingerprint density at radius 2 is 1.75 bits per heavy atom. The molecule has 276 valence electrons. The number of likely N-dealkylation sites (N-methyl/N-ethyl adjacent to an activating group) is 1. The summed E-state index contributed by atoms with van der Waals surface area (Å²) in [6, 6.07) is 10.0. The van der Waals surface area contributed by atoms with Gasteiger partial charge < -0.3 is 29.0 Å². The number of piperazine rings is 1. The molecule has 2 aliphatic heterocycles. The number of carbonyl (C=O) groups is 2. The zero-order chi connectivity index (χ0) is 37.0. The van der Waals surface area contributed by atoms with Crippen LogP contribution in [0.15, 0.2) is 36.5 Å². The van der Waals surface area contributed by atoms with Crippen molar-refractivity contribution in [2.24, 2.45) is 5.41 Å². The van der Waals surface area contributed by atoms with Crippen LogP contribution in [0, 0.1) is 19.3 Å². The quantitative estimate of drug-likeness (QED) is 0.163. The van der Waals surface area contributed by atoms with Crippen LogP contribution in [0.1, 0.15) is 62.0 Å². The van der Waals surface area contributed by atoms with E-state index in [-0.39, 0.29) is 36.5 Å². The van der Waals surface area contributed by atoms with Crippen LogP contribution < -0.4 is 24.8 Å². The van der Waals surface area contributed by atoms with Gasteiger partial charge in [0.05, 0.1) is 38.2 Å². The fourth-order valence-electron chi connectivity index (χ4n) is 6.89. The van der Waals surface area contributed by atoms with Crippen molar-refractivity contribution in [3.63, 3.8) is 0 Å². The van der Waals surface area contributed by atoms with Gasteiger partial charge in [-0.3, -0.25) is 14.6 Å². The van der Waals surface area contributed by atoms with E-state index in [1.807, 2.05) is 32.0 Å². The largest absolute Gasteiger partial charge is 0.494 e. The fraction of sp³-hybridized carbons (Fsp3) is 0.526. The van der Waals surface area contributed by atoms with E-state index < -0.39 is 9.04 Å². The van der Waals surface area contributed by atoms with Gasteiger partial charge in [0.2, 0.25) is 5.95 Å². The number of para-hydroxylation sites is 1. The molecule has 5 rings (SSSR count). The van der Waals surface area contributed by atoms with Gasteiger partial charge >= 0.3 is 12.0 Å². The highest BCUT2D eigenvalue weighted by Crippen LogP contribution is 2.46. The second-order valence-corrected chi connectivity index (χ2v) is 17.3. The van der Waals surface area contributed by atoms with Crippen LogP contribution in [0.4, 0.5) is 33.6 Å². The van der Waals surface area contributed by atoms with E-state index in [4.69, 9.17) is 23.9 Å². The second kappa shape index (κ2) is 16.0. The van der Waals surface area contributed by atoms with Crippen molar-refractivity contribution in [1.82, 2.24) is 14.9 Å². The van der Waals surface area contributed by atoms with Gasteiger partial charge in [-0.2, -0.15) is 4.98 Å². The summed E-state index contributed by atoms with van der Waals surface area (Å²) in [5.74, 6) is 1.19. The highest BCUT2D eigenvalue weighted by molar-refractivity contribution is 6.48. The molecule has 1 saturated heterocycles. The summed E-state index contributed by atoms with van der Waals surface area (Å²) < 4.78 is 17.6. The number of methoxy groups -OCH3 is 2. The number of rotatable bonds is 12. The van der Waals surface area contributed by atoms with E-state index in [0.29, 0.717) is 36.2 Å². The van der Waals surface area contributed by atoms with E-state index in [2.05, 4.69) is 68.2 Å². The molecule has 2 amide bonds. The molecule has 0 radical (unpaired) electrons. The topological polar surface area (TPSA) is 113 Å². The summed E-state index contributed by atoms with van der Waals surface area (Å²) in [6.07, 6.45) is 2.24. The first-order valence-corrected chi connectivity index (χ1v) is 20.7. The van der Waals surface area contributed by atoms with Gasteiger partial charge in [0.1, 0.15) is 11.6 Å². The number of aromatic nitrogens is 2. The molecule has 1 unspecified atom stereocenters. The second-order valence-electron chi connectivity index (χ2n) is 14.9. The average molecular weight is 718 g/mol. The lowest BCUT2D eigenvalue weighted by Gasteiger charge is -2.40. The molecule has 3 aromatic rings. The van der Waals surface area contributed by atoms with Gasteiger partial charge in [-0.25, -0.2) is 9.78 Å². The Morgan fingerprint density at radius 3 is 2.35 bits per heavy atom. The zero-order valence-corrected chi connectivity index (χ0v) is 33.2. The number of benzene rings is 2. The Balaban J connectivity index is 1.56. The molecule has 0 aliphatic carbocycles. The van der Waals surface area contributed by atoms with E-state index in [9.17, 15) is 9.59 Å². The van der Waals surface area contributed by atoms with E-state index in [0.717, 1.165) is 59.8 Å². The summed E-state index contributed by atoms with van der Waals surface area (Å²) in [4.78, 5) is 44.1. The maximum Gasteiger partial charge on any atom is 0.330 e. The summed E-state index contributed by atoms with van der Waals surface area (Å²) in [7, 11) is 3.77. The molecule has 1 aromatic heterocycles. The number of amides is 2. The number of hydrogen-bond acceptors (Lipinski definition) is 10. The third-order valence-corrected chi connectivity index (χ3v) is 10.3. The summed E-state index contributed by atoms with van der Waals surface area (Å²) in [5.41, 5.74) is 6.43. The SMILES string of the molecule is COC(=O)CCCN1C(=O)N(c2c(C)cccc2C)Cc2cnc(Nc3cc(C(O[SiH](C)C)C(C)(C)C)c(N4CCN(C)CC4)cc3OC)nc21. The van der Waals surface area contributed by atoms with Gasteiger partial charge in [0, 0.05) is 68.2 Å². The van der Waals surface area contributed by atoms with Crippen molar-refractivity contribution in [3.05, 3.63) is 58.8 Å². The molecule has 1 fully saturated rings. The van der Waals surface area contributed by atoms with Crippen LogP contribution >= 0.6 is 0 Å². The third-order valence-electron chi connectivity index (χ3n) is 9.50. The molecular weight excluding hydrogens is 663 g/mol. The number of nitrogens with one attached hydrogen (secondary N) is 1. The van der Waals surface area contributed by atoms with Crippen molar-refractivity contribution in [2.75, 3.05) is 74.0 Å². The molecule has 13 heteroatoms. The Morgan fingerprint density at radius 1 is 1.06 bits per heavy atom. The molecule has 0 spiro atoms. The number of ether oxygens (including phenoxy) is 2. The lowest BCUT2D eigenvalue weighted by atomic mass is 9.83. The minimum absolute atomic E-state index is 0.145. The molecule has 2 aliphatic rings. The number of nitrogens with zero attached hydrogens (tertiary/aromatic N) is 6. The predicted molar refractivity (Wildman–Crippen MR) is 206 cm³/mol. The molecule has 1 atom stereocenters. The normalized spacial score (nSPS) is 16.0. The van der Waals surface area contributed by atoms with E-state index in [1.165, 1.54) is 7.11 Å². The van der Waals surface area contributed by atoms with Crippen LogP contribution in [-0.2, 0) is 20.5 Å². The zero-order valence-electron chi connectivity index (χ0n) is 32.0. The Bertz CT molecular complexity index is 1700. The van der Waals surface area contributed by atoms with Gasteiger partial charge in [-0.1, -0.05) is 39.0 Å². The van der Waals surface area contributed by atoms with Crippen molar-refractivity contribution in [2.45, 2.75) is 73.2 Å². The fourth-order valence-corrected chi connectivity index (χ4v) is 7.99. The third kappa shape index (κ3) is 8.65. The number of carbonyl (C=O) groups excluding carboxylic acids is 2. The molecule has 0 saturated carbocycles. The maximum absolute atomic E-state index is 14.2. The Kier molecular flexibility index (Phi) is 11.9. The van der Waals surface area contributed by atoms with Crippen LogP contribution in [0.2, 0.25) is 13.1 Å². The van der Waals surface area contributed by atoms with E-state index >= 15 is 0 Å². The smallest absolute Gasteiger partial charge is 0.330 e. The molecule has 51 heavy (non-hydrogen) atoms. The molecule has 2 aromatic carbocycles. The number of urea groups is 1. The average Bonchev–Trinajstić information content (AvgIpc) is 3.08. The maximum atomic E-state index is 14.2. The lowest BCUT2D eigenvalue weighted by Crippen LogP contribution is -2.49. The van der Waals surface area contributed by atoms with Gasteiger partial charge in [-0.15, -0.1) is 0 Å². The molecule has 1 N–H and O–H groups in total. The Hall–Kier alpha value is -4.20. The number of esters is 1. The van der Waals surface area contributed by atoms with Crippen molar-refractivity contribution < 1.29 is 23.5 Å². The minimum Gasteiger partial charge on any atom is -0.494 e. The first-order valence-electron chi connectivity index (χ1n) is 17.9. The first-order chi connectivity index (χ1) is 24.2. The highest BCUT2D eigenvalue weighted by atomic mass is 28.3. The number of fused-ring (bicyclic) bond motifs is 1. The standard InChI is InChI=1S/C38H55N7O5Si/c1-25-13-11-14-26(2)33(25)45-24-27-23-39-36(41-35(27)44(37(45)47)16-12-15-32(46)49-8)40-29-21-28(34(38(3,4)5)50-51(9)10)30(22-31(29)48-7)43-19-17-42(6)18-20-43/h11,13-14,21-23,34,51H,12,15-20,24H2,1-10H3,(H,39,40,41). The van der Waals surface area contributed by atoms with Crippen molar-refractivity contribution in [1.29, 1.82) is 0 Å². The summed E-state index contributed by atoms with van der Waals surface area (Å²) in [6.45, 7) is 19.5.